The van der Waals surface area contributed by atoms with Crippen LogP contribution < -0.4 is 5.73 Å². The molecule has 1 aromatic carbocycles. The summed E-state index contributed by atoms with van der Waals surface area (Å²) in [6.07, 6.45) is 0.818. The Hall–Kier alpha value is -1.42. The minimum Gasteiger partial charge on any atom is -0.330 e. The lowest BCUT2D eigenvalue weighted by Crippen LogP contribution is -2.45. The minimum absolute atomic E-state index is 0.182. The molecule has 108 valence electrons. The number of rotatable bonds is 3. The smallest absolute Gasteiger partial charge is 0.243 e. The first kappa shape index (κ1) is 15.0. The molecule has 5 nitrogen and oxygen atoms in total. The van der Waals surface area contributed by atoms with Gasteiger partial charge in [-0.15, -0.1) is 0 Å². The van der Waals surface area contributed by atoms with E-state index in [4.69, 9.17) is 11.0 Å². The highest BCUT2D eigenvalue weighted by Crippen LogP contribution is 2.27. The topological polar surface area (TPSA) is 87.2 Å². The van der Waals surface area contributed by atoms with Crippen molar-refractivity contribution < 1.29 is 8.42 Å². The zero-order valence-electron chi connectivity index (χ0n) is 11.5. The Bertz CT molecular complexity index is 622. The Balaban J connectivity index is 2.28. The molecule has 2 rings (SSSR count). The van der Waals surface area contributed by atoms with Gasteiger partial charge in [0.2, 0.25) is 10.0 Å². The molecule has 2 atom stereocenters. The molecule has 0 amide bonds. The molecular formula is C14H19N3O2S. The summed E-state index contributed by atoms with van der Waals surface area (Å²) >= 11 is 0. The van der Waals surface area contributed by atoms with Crippen LogP contribution in [0.4, 0.5) is 0 Å². The molecule has 1 saturated heterocycles. The van der Waals surface area contributed by atoms with Gasteiger partial charge in [0.25, 0.3) is 0 Å². The van der Waals surface area contributed by atoms with Crippen LogP contribution >= 0.6 is 0 Å². The number of nitrogens with two attached hydrogens (primary N) is 1. The van der Waals surface area contributed by atoms with Gasteiger partial charge in [-0.05, 0) is 43.0 Å². The van der Waals surface area contributed by atoms with Crippen LogP contribution in [0.25, 0.3) is 0 Å². The van der Waals surface area contributed by atoms with E-state index in [0.717, 1.165) is 6.42 Å². The largest absolute Gasteiger partial charge is 0.330 e. The lowest BCUT2D eigenvalue weighted by molar-refractivity contribution is 0.203. The van der Waals surface area contributed by atoms with Gasteiger partial charge in [-0.3, -0.25) is 0 Å². The number of nitrogens with zero attached hydrogens (tertiary/aromatic N) is 2. The molecule has 6 heteroatoms. The summed E-state index contributed by atoms with van der Waals surface area (Å²) in [5, 5.41) is 8.88. The van der Waals surface area contributed by atoms with E-state index in [1.54, 1.807) is 12.1 Å². The van der Waals surface area contributed by atoms with Gasteiger partial charge in [0.1, 0.15) is 0 Å². The average molecular weight is 293 g/mol. The first-order valence-electron chi connectivity index (χ1n) is 6.69. The highest BCUT2D eigenvalue weighted by Gasteiger charge is 2.33. The predicted molar refractivity (Wildman–Crippen MR) is 76.2 cm³/mol. The van der Waals surface area contributed by atoms with Gasteiger partial charge in [0.05, 0.1) is 16.5 Å². The lowest BCUT2D eigenvalue weighted by atomic mass is 9.88. The van der Waals surface area contributed by atoms with Crippen molar-refractivity contribution in [3.63, 3.8) is 0 Å². The van der Waals surface area contributed by atoms with Crippen LogP contribution in [0.1, 0.15) is 18.9 Å². The normalized spacial score (nSPS) is 24.2. The molecule has 1 aromatic rings. The molecule has 2 unspecified atom stereocenters. The Morgan fingerprint density at radius 3 is 2.90 bits per heavy atom. The van der Waals surface area contributed by atoms with E-state index in [9.17, 15) is 8.42 Å². The monoisotopic (exact) mass is 293 g/mol. The van der Waals surface area contributed by atoms with Gasteiger partial charge < -0.3 is 5.73 Å². The second-order valence-corrected chi connectivity index (χ2v) is 7.20. The quantitative estimate of drug-likeness (QED) is 0.906. The van der Waals surface area contributed by atoms with Gasteiger partial charge in [0.15, 0.2) is 0 Å². The number of sulfonamides is 1. The van der Waals surface area contributed by atoms with Crippen molar-refractivity contribution >= 4 is 10.0 Å². The molecule has 1 aliphatic heterocycles. The van der Waals surface area contributed by atoms with E-state index in [-0.39, 0.29) is 10.8 Å². The van der Waals surface area contributed by atoms with Gasteiger partial charge >= 0.3 is 0 Å². The van der Waals surface area contributed by atoms with E-state index in [0.29, 0.717) is 31.1 Å². The molecule has 1 heterocycles. The Kier molecular flexibility index (Phi) is 4.43. The highest BCUT2D eigenvalue weighted by atomic mass is 32.2. The first-order valence-corrected chi connectivity index (χ1v) is 8.13. The van der Waals surface area contributed by atoms with Crippen molar-refractivity contribution in [1.29, 1.82) is 5.26 Å². The summed E-state index contributed by atoms with van der Waals surface area (Å²) in [4.78, 5) is 0.182. The van der Waals surface area contributed by atoms with Crippen LogP contribution in [-0.4, -0.2) is 32.4 Å². The maximum absolute atomic E-state index is 12.6. The number of nitriles is 1. The Morgan fingerprint density at radius 2 is 2.25 bits per heavy atom. The number of piperidine rings is 1. The number of benzene rings is 1. The molecule has 0 saturated carbocycles. The summed E-state index contributed by atoms with van der Waals surface area (Å²) in [5.74, 6) is 0.634. The van der Waals surface area contributed by atoms with Crippen molar-refractivity contribution in [2.45, 2.75) is 18.2 Å². The first-order chi connectivity index (χ1) is 9.48. The van der Waals surface area contributed by atoms with Crippen LogP contribution in [0.15, 0.2) is 29.2 Å². The molecule has 1 fully saturated rings. The third kappa shape index (κ3) is 2.85. The SMILES string of the molecule is CC1CCN(S(=O)(=O)c2cccc(C#N)c2)CC1CN. The molecule has 0 aromatic heterocycles. The molecule has 0 radical (unpaired) electrons. The number of hydrogen-bond donors (Lipinski definition) is 1. The second-order valence-electron chi connectivity index (χ2n) is 5.26. The van der Waals surface area contributed by atoms with Gasteiger partial charge in [-0.1, -0.05) is 13.0 Å². The summed E-state index contributed by atoms with van der Waals surface area (Å²) in [5.41, 5.74) is 6.07. The second kappa shape index (κ2) is 5.92. The maximum Gasteiger partial charge on any atom is 0.243 e. The van der Waals surface area contributed by atoms with E-state index >= 15 is 0 Å². The van der Waals surface area contributed by atoms with E-state index in [1.807, 2.05) is 6.07 Å². The predicted octanol–water partition coefficient (Wildman–Crippen LogP) is 1.16. The fraction of sp³-hybridized carbons (Fsp3) is 0.500. The third-order valence-corrected chi connectivity index (χ3v) is 5.84. The molecule has 2 N–H and O–H groups in total. The summed E-state index contributed by atoms with van der Waals surface area (Å²) in [6.45, 7) is 3.57. The highest BCUT2D eigenvalue weighted by molar-refractivity contribution is 7.89. The summed E-state index contributed by atoms with van der Waals surface area (Å²) < 4.78 is 26.7. The van der Waals surface area contributed by atoms with Gasteiger partial charge in [-0.25, -0.2) is 8.42 Å². The molecule has 1 aliphatic rings. The van der Waals surface area contributed by atoms with Crippen LogP contribution in [0.2, 0.25) is 0 Å². The molecule has 20 heavy (non-hydrogen) atoms. The van der Waals surface area contributed by atoms with Crippen molar-refractivity contribution in [2.75, 3.05) is 19.6 Å². The molecule has 0 aliphatic carbocycles. The van der Waals surface area contributed by atoms with Crippen molar-refractivity contribution in [3.8, 4) is 6.07 Å². The van der Waals surface area contributed by atoms with Crippen molar-refractivity contribution in [1.82, 2.24) is 4.31 Å². The average Bonchev–Trinajstić information content (AvgIpc) is 2.47. The minimum atomic E-state index is -3.53. The zero-order valence-corrected chi connectivity index (χ0v) is 12.3. The van der Waals surface area contributed by atoms with Gasteiger partial charge in [-0.2, -0.15) is 9.57 Å². The Labute approximate surface area is 120 Å². The maximum atomic E-state index is 12.6. The number of hydrogen-bond acceptors (Lipinski definition) is 4. The fourth-order valence-electron chi connectivity index (χ4n) is 2.52. The van der Waals surface area contributed by atoms with Crippen LogP contribution in [0, 0.1) is 23.2 Å². The lowest BCUT2D eigenvalue weighted by Gasteiger charge is -2.35. The zero-order chi connectivity index (χ0) is 14.8. The summed E-state index contributed by atoms with van der Waals surface area (Å²) in [6, 6.07) is 8.11. The van der Waals surface area contributed by atoms with Crippen molar-refractivity contribution in [3.05, 3.63) is 29.8 Å². The molecular weight excluding hydrogens is 274 g/mol. The standard InChI is InChI=1S/C14H19N3O2S/c1-11-5-6-17(10-13(11)9-16)20(18,19)14-4-2-3-12(7-14)8-15/h2-4,7,11,13H,5-6,9-10,16H2,1H3. The van der Waals surface area contributed by atoms with Gasteiger partial charge in [0, 0.05) is 13.1 Å². The fourth-order valence-corrected chi connectivity index (χ4v) is 4.07. The molecule has 0 spiro atoms. The van der Waals surface area contributed by atoms with Crippen LogP contribution in [0.3, 0.4) is 0 Å². The third-order valence-electron chi connectivity index (χ3n) is 3.98. The van der Waals surface area contributed by atoms with Crippen LogP contribution in [0.5, 0.6) is 0 Å². The van der Waals surface area contributed by atoms with E-state index in [1.165, 1.54) is 16.4 Å². The van der Waals surface area contributed by atoms with E-state index < -0.39 is 10.0 Å². The van der Waals surface area contributed by atoms with Crippen molar-refractivity contribution in [2.24, 2.45) is 17.6 Å². The Morgan fingerprint density at radius 1 is 1.50 bits per heavy atom. The molecule has 0 bridgehead atoms. The van der Waals surface area contributed by atoms with Crippen LogP contribution in [-0.2, 0) is 10.0 Å². The summed E-state index contributed by atoms with van der Waals surface area (Å²) in [7, 11) is -3.53. The van der Waals surface area contributed by atoms with E-state index in [2.05, 4.69) is 6.92 Å².